The highest BCUT2D eigenvalue weighted by atomic mass is 19.2. The molecule has 5 heteroatoms. The first kappa shape index (κ1) is 12.5. The normalized spacial score (nSPS) is 20.0. The highest BCUT2D eigenvalue weighted by Crippen LogP contribution is 2.20. The van der Waals surface area contributed by atoms with Crippen LogP contribution in [-0.4, -0.2) is 22.7 Å². The summed E-state index contributed by atoms with van der Waals surface area (Å²) < 4.78 is 31.8. The Balaban J connectivity index is 1.70. The number of aromatic nitrogens is 2. The van der Waals surface area contributed by atoms with Crippen LogP contribution in [0.25, 0.3) is 11.0 Å². The van der Waals surface area contributed by atoms with Crippen molar-refractivity contribution < 1.29 is 13.5 Å². The molecular formula is C14H16F2N2O. The van der Waals surface area contributed by atoms with Crippen molar-refractivity contribution >= 4 is 11.0 Å². The van der Waals surface area contributed by atoms with Crippen LogP contribution < -0.4 is 0 Å². The number of rotatable bonds is 3. The number of nitrogens with one attached hydrogen (secondary N) is 1. The summed E-state index contributed by atoms with van der Waals surface area (Å²) in [6.45, 7) is 0.835. The summed E-state index contributed by atoms with van der Waals surface area (Å²) >= 11 is 0. The van der Waals surface area contributed by atoms with Crippen molar-refractivity contribution in [3.63, 3.8) is 0 Å². The molecule has 0 amide bonds. The van der Waals surface area contributed by atoms with E-state index >= 15 is 0 Å². The van der Waals surface area contributed by atoms with Crippen molar-refractivity contribution in [2.45, 2.75) is 38.2 Å². The number of imidazole rings is 1. The zero-order valence-electron chi connectivity index (χ0n) is 10.6. The molecule has 1 saturated heterocycles. The number of hydrogen-bond donors (Lipinski definition) is 1. The van der Waals surface area contributed by atoms with E-state index < -0.39 is 11.6 Å². The Bertz CT molecular complexity index is 537. The molecule has 0 spiro atoms. The van der Waals surface area contributed by atoms with Crippen molar-refractivity contribution in [3.8, 4) is 0 Å². The van der Waals surface area contributed by atoms with E-state index in [1.807, 2.05) is 0 Å². The molecule has 1 atom stereocenters. The number of fused-ring (bicyclic) bond motifs is 1. The molecule has 102 valence electrons. The molecule has 3 rings (SSSR count). The maximum absolute atomic E-state index is 13.1. The second-order valence-corrected chi connectivity index (χ2v) is 4.99. The number of benzene rings is 1. The van der Waals surface area contributed by atoms with Crippen LogP contribution in [0.15, 0.2) is 12.1 Å². The minimum atomic E-state index is -0.860. The fourth-order valence-corrected chi connectivity index (χ4v) is 2.51. The van der Waals surface area contributed by atoms with Gasteiger partial charge in [-0.2, -0.15) is 0 Å². The maximum Gasteiger partial charge on any atom is 0.161 e. The number of H-pyrrole nitrogens is 1. The summed E-state index contributed by atoms with van der Waals surface area (Å²) in [5, 5.41) is 0. The summed E-state index contributed by atoms with van der Waals surface area (Å²) in [7, 11) is 0. The molecule has 0 saturated carbocycles. The Hall–Kier alpha value is -1.49. The minimum absolute atomic E-state index is 0.287. The molecule has 3 nitrogen and oxygen atoms in total. The number of hydrogen-bond acceptors (Lipinski definition) is 2. The monoisotopic (exact) mass is 266 g/mol. The van der Waals surface area contributed by atoms with Crippen LogP contribution in [-0.2, 0) is 11.2 Å². The maximum atomic E-state index is 13.1. The van der Waals surface area contributed by atoms with Gasteiger partial charge in [0.2, 0.25) is 0 Å². The van der Waals surface area contributed by atoms with Crippen LogP contribution in [0.5, 0.6) is 0 Å². The lowest BCUT2D eigenvalue weighted by Gasteiger charge is -2.21. The summed E-state index contributed by atoms with van der Waals surface area (Å²) in [4.78, 5) is 7.31. The van der Waals surface area contributed by atoms with Gasteiger partial charge in [-0.1, -0.05) is 0 Å². The van der Waals surface area contributed by atoms with E-state index in [0.29, 0.717) is 11.0 Å². The summed E-state index contributed by atoms with van der Waals surface area (Å²) in [6.07, 6.45) is 5.35. The molecule has 1 fully saturated rings. The quantitative estimate of drug-likeness (QED) is 0.925. The third-order valence-corrected chi connectivity index (χ3v) is 3.55. The molecule has 1 aliphatic heterocycles. The van der Waals surface area contributed by atoms with Crippen LogP contribution in [0.3, 0.4) is 0 Å². The topological polar surface area (TPSA) is 37.9 Å². The zero-order chi connectivity index (χ0) is 13.2. The van der Waals surface area contributed by atoms with Gasteiger partial charge in [0, 0.05) is 25.2 Å². The van der Waals surface area contributed by atoms with Crippen LogP contribution in [0.1, 0.15) is 31.5 Å². The van der Waals surface area contributed by atoms with E-state index in [1.165, 1.54) is 6.42 Å². The van der Waals surface area contributed by atoms with Crippen LogP contribution in [0.2, 0.25) is 0 Å². The number of aromatic amines is 1. The fourth-order valence-electron chi connectivity index (χ4n) is 2.51. The van der Waals surface area contributed by atoms with Gasteiger partial charge in [-0.25, -0.2) is 13.8 Å². The van der Waals surface area contributed by atoms with E-state index in [9.17, 15) is 8.78 Å². The molecule has 0 radical (unpaired) electrons. The van der Waals surface area contributed by atoms with Crippen molar-refractivity contribution in [1.29, 1.82) is 0 Å². The smallest absolute Gasteiger partial charge is 0.161 e. The van der Waals surface area contributed by atoms with Crippen LogP contribution in [0.4, 0.5) is 8.78 Å². The second kappa shape index (κ2) is 5.25. The standard InChI is InChI=1S/C14H16F2N2O/c15-10-7-12-13(8-11(10)16)18-14(17-12)5-4-9-3-1-2-6-19-9/h7-9H,1-6H2,(H,17,18). The lowest BCUT2D eigenvalue weighted by molar-refractivity contribution is 0.0112. The molecule has 1 aromatic carbocycles. The minimum Gasteiger partial charge on any atom is -0.378 e. The van der Waals surface area contributed by atoms with Gasteiger partial charge in [0.05, 0.1) is 17.1 Å². The average molecular weight is 266 g/mol. The first-order chi connectivity index (χ1) is 9.22. The molecule has 1 aromatic heterocycles. The lowest BCUT2D eigenvalue weighted by atomic mass is 10.0. The number of nitrogens with zero attached hydrogens (tertiary/aromatic N) is 1. The first-order valence-corrected chi connectivity index (χ1v) is 6.67. The van der Waals surface area contributed by atoms with E-state index in [0.717, 1.165) is 50.2 Å². The first-order valence-electron chi connectivity index (χ1n) is 6.67. The molecule has 2 aromatic rings. The third-order valence-electron chi connectivity index (χ3n) is 3.55. The Morgan fingerprint density at radius 3 is 2.89 bits per heavy atom. The van der Waals surface area contributed by atoms with Gasteiger partial charge >= 0.3 is 0 Å². The molecule has 19 heavy (non-hydrogen) atoms. The van der Waals surface area contributed by atoms with E-state index in [2.05, 4.69) is 9.97 Å². The molecule has 1 aliphatic rings. The molecule has 0 bridgehead atoms. The molecule has 2 heterocycles. The van der Waals surface area contributed by atoms with Crippen LogP contribution in [0, 0.1) is 11.6 Å². The molecule has 0 aliphatic carbocycles. The van der Waals surface area contributed by atoms with Gasteiger partial charge in [0.1, 0.15) is 5.82 Å². The predicted molar refractivity (Wildman–Crippen MR) is 67.9 cm³/mol. The summed E-state index contributed by atoms with van der Waals surface area (Å²) in [5.41, 5.74) is 1.01. The fraction of sp³-hybridized carbons (Fsp3) is 0.500. The van der Waals surface area contributed by atoms with Gasteiger partial charge in [-0.3, -0.25) is 0 Å². The molecule has 1 unspecified atom stereocenters. The van der Waals surface area contributed by atoms with Crippen LogP contribution >= 0.6 is 0 Å². The summed E-state index contributed by atoms with van der Waals surface area (Å²) in [6, 6.07) is 2.28. The van der Waals surface area contributed by atoms with Gasteiger partial charge < -0.3 is 9.72 Å². The highest BCUT2D eigenvalue weighted by Gasteiger charge is 2.15. The molecular weight excluding hydrogens is 250 g/mol. The summed E-state index contributed by atoms with van der Waals surface area (Å²) in [5.74, 6) is -0.950. The number of halogens is 2. The third kappa shape index (κ3) is 2.76. The van der Waals surface area contributed by atoms with E-state index in [1.54, 1.807) is 0 Å². The van der Waals surface area contributed by atoms with Crippen molar-refractivity contribution in [2.24, 2.45) is 0 Å². The number of aryl methyl sites for hydroxylation is 1. The van der Waals surface area contributed by atoms with Crippen molar-refractivity contribution in [1.82, 2.24) is 9.97 Å². The van der Waals surface area contributed by atoms with E-state index in [-0.39, 0.29) is 6.10 Å². The Labute approximate surface area is 110 Å². The Kier molecular flexibility index (Phi) is 3.46. The van der Waals surface area contributed by atoms with Crippen molar-refractivity contribution in [3.05, 3.63) is 29.6 Å². The van der Waals surface area contributed by atoms with Crippen molar-refractivity contribution in [2.75, 3.05) is 6.61 Å². The predicted octanol–water partition coefficient (Wildman–Crippen LogP) is 3.34. The van der Waals surface area contributed by atoms with Gasteiger partial charge in [0.25, 0.3) is 0 Å². The van der Waals surface area contributed by atoms with Gasteiger partial charge in [-0.15, -0.1) is 0 Å². The molecule has 1 N–H and O–H groups in total. The lowest BCUT2D eigenvalue weighted by Crippen LogP contribution is -2.19. The second-order valence-electron chi connectivity index (χ2n) is 4.99. The Morgan fingerprint density at radius 1 is 1.26 bits per heavy atom. The zero-order valence-corrected chi connectivity index (χ0v) is 10.6. The van der Waals surface area contributed by atoms with E-state index in [4.69, 9.17) is 4.74 Å². The average Bonchev–Trinajstić information content (AvgIpc) is 2.80. The highest BCUT2D eigenvalue weighted by molar-refractivity contribution is 5.75. The SMILES string of the molecule is Fc1cc2nc(CCC3CCCCO3)[nH]c2cc1F. The van der Waals surface area contributed by atoms with Gasteiger partial charge in [-0.05, 0) is 25.7 Å². The number of ether oxygens (including phenoxy) is 1. The van der Waals surface area contributed by atoms with Gasteiger partial charge in [0.15, 0.2) is 11.6 Å². The Morgan fingerprint density at radius 2 is 2.11 bits per heavy atom. The largest absolute Gasteiger partial charge is 0.378 e.